The van der Waals surface area contributed by atoms with E-state index in [0.29, 0.717) is 10.7 Å². The van der Waals surface area contributed by atoms with Crippen molar-refractivity contribution >= 4 is 39.7 Å². The lowest BCUT2D eigenvalue weighted by atomic mass is 10.1. The van der Waals surface area contributed by atoms with E-state index in [0.717, 1.165) is 11.0 Å². The maximum absolute atomic E-state index is 15.5. The number of carboxylic acid groups (broad SMARTS) is 1. The maximum atomic E-state index is 15.5. The van der Waals surface area contributed by atoms with Gasteiger partial charge >= 0.3 is 22.4 Å². The number of halogens is 1. The lowest BCUT2D eigenvalue weighted by molar-refractivity contribution is -0.117. The lowest BCUT2D eigenvalue weighted by Crippen LogP contribution is -2.48. The zero-order valence-corrected chi connectivity index (χ0v) is 20.7. The average Bonchev–Trinajstić information content (AvgIpc) is 3.16. The quantitative estimate of drug-likeness (QED) is 0.450. The van der Waals surface area contributed by atoms with Crippen molar-refractivity contribution in [1.29, 1.82) is 0 Å². The first-order valence-electron chi connectivity index (χ1n) is 10.5. The van der Waals surface area contributed by atoms with E-state index < -0.39 is 63.7 Å². The Kier molecular flexibility index (Phi) is 7.76. The number of phenols is 1. The minimum atomic E-state index is -4.42. The number of carbonyl (C=O) groups excluding carboxylic acids is 2. The first-order chi connectivity index (χ1) is 15.7. The number of rotatable bonds is 5. The molecule has 2 heterocycles. The highest BCUT2D eigenvalue weighted by molar-refractivity contribution is 7.92. The number of hydrogen-bond donors (Lipinski definition) is 4. The van der Waals surface area contributed by atoms with Crippen LogP contribution in [0.1, 0.15) is 39.7 Å². The maximum Gasteiger partial charge on any atom is 0.412 e. The number of phenolic OH excluding ortho intramolecular Hbond substituents is 1. The molecule has 35 heavy (non-hydrogen) atoms. The van der Waals surface area contributed by atoms with E-state index in [1.807, 2.05) is 6.92 Å². The Hall–Kier alpha value is -3.33. The van der Waals surface area contributed by atoms with Crippen molar-refractivity contribution in [3.63, 3.8) is 0 Å². The van der Waals surface area contributed by atoms with Gasteiger partial charge in [-0.1, -0.05) is 6.92 Å². The molecular weight excluding hydrogens is 489 g/mol. The Morgan fingerprint density at radius 3 is 2.46 bits per heavy atom. The van der Waals surface area contributed by atoms with Gasteiger partial charge in [0.25, 0.3) is 5.91 Å². The molecule has 0 bridgehead atoms. The van der Waals surface area contributed by atoms with Crippen molar-refractivity contribution < 1.29 is 42.1 Å². The molecule has 0 saturated carbocycles. The van der Waals surface area contributed by atoms with Gasteiger partial charge in [-0.2, -0.15) is 8.42 Å². The van der Waals surface area contributed by atoms with E-state index >= 15 is 4.39 Å². The summed E-state index contributed by atoms with van der Waals surface area (Å²) in [7, 11) is -4.42. The second kappa shape index (κ2) is 9.73. The van der Waals surface area contributed by atoms with Gasteiger partial charge in [-0.3, -0.25) is 9.69 Å². The molecule has 0 spiro atoms. The molecule has 6 N–H and O–H groups in total. The van der Waals surface area contributed by atoms with Crippen LogP contribution in [0, 0.1) is 5.82 Å². The smallest absolute Gasteiger partial charge is 0.412 e. The molecule has 0 aromatic heterocycles. The highest BCUT2D eigenvalue weighted by atomic mass is 32.2. The minimum absolute atomic E-state index is 0. The number of benzene rings is 1. The summed E-state index contributed by atoms with van der Waals surface area (Å²) < 4.78 is 47.3. The van der Waals surface area contributed by atoms with Gasteiger partial charge in [-0.05, 0) is 27.2 Å². The summed E-state index contributed by atoms with van der Waals surface area (Å²) in [6, 6.07) is 0.0170. The van der Waals surface area contributed by atoms with E-state index in [4.69, 9.17) is 4.74 Å². The summed E-state index contributed by atoms with van der Waals surface area (Å²) in [5, 5.41) is 20.2. The Morgan fingerprint density at radius 2 is 1.97 bits per heavy atom. The number of amides is 3. The van der Waals surface area contributed by atoms with Crippen LogP contribution in [0.25, 0.3) is 0 Å². The van der Waals surface area contributed by atoms with Crippen LogP contribution in [0.3, 0.4) is 0 Å². The minimum Gasteiger partial charge on any atom is -0.506 e. The second-order valence-electron chi connectivity index (χ2n) is 9.03. The fourth-order valence-electron chi connectivity index (χ4n) is 3.98. The third-order valence-corrected chi connectivity index (χ3v) is 6.59. The van der Waals surface area contributed by atoms with Crippen LogP contribution in [0.4, 0.5) is 25.4 Å². The Labute approximate surface area is 202 Å². The molecule has 1 aromatic carbocycles. The number of carbonyl (C=O) groups is 3. The molecule has 1 saturated heterocycles. The fraction of sp³-hybridized carbons (Fsp3) is 0.550. The summed E-state index contributed by atoms with van der Waals surface area (Å²) in [4.78, 5) is 38.4. The predicted octanol–water partition coefficient (Wildman–Crippen LogP) is 1.93. The summed E-state index contributed by atoms with van der Waals surface area (Å²) in [6.07, 6.45) is -1.74. The Bertz CT molecular complexity index is 1140. The number of fused-ring (bicyclic) bond motifs is 1. The summed E-state index contributed by atoms with van der Waals surface area (Å²) in [5.41, 5.74) is -1.86. The average molecular weight is 520 g/mol. The number of anilines is 2. The first-order valence-corrected chi connectivity index (χ1v) is 12.0. The molecule has 2 aliphatic rings. The Balaban J connectivity index is 0.00000432. The molecule has 13 nitrogen and oxygen atoms in total. The molecule has 0 radical (unpaired) electrons. The first kappa shape index (κ1) is 27.9. The molecule has 1 fully saturated rings. The van der Waals surface area contributed by atoms with Crippen LogP contribution in [-0.4, -0.2) is 72.9 Å². The van der Waals surface area contributed by atoms with Gasteiger partial charge in [-0.15, -0.1) is 0 Å². The standard InChI is InChI=1S/C20H27FN4O8S.H3N/c1-5-6-23(19(30)33-20(2,3)4)9-11-7-12-13(25(11)18(28)29)8-14(26)17(16(12)21)24-10-15(27)22-34(24,31)32;/h8,11,26H,5-7,9-10H2,1-4H3,(H,22,27)(H,28,29);1H3/t11-;/m1./s1. The molecule has 196 valence electrons. The van der Waals surface area contributed by atoms with Crippen LogP contribution in [-0.2, 0) is 26.2 Å². The van der Waals surface area contributed by atoms with Gasteiger partial charge in [0, 0.05) is 31.1 Å². The van der Waals surface area contributed by atoms with E-state index in [-0.39, 0.29) is 36.9 Å². The van der Waals surface area contributed by atoms with E-state index in [2.05, 4.69) is 0 Å². The molecule has 1 aromatic rings. The van der Waals surface area contributed by atoms with Crippen molar-refractivity contribution in [2.24, 2.45) is 0 Å². The van der Waals surface area contributed by atoms with Gasteiger partial charge in [-0.25, -0.2) is 23.0 Å². The van der Waals surface area contributed by atoms with E-state index in [9.17, 15) is 33.0 Å². The third-order valence-electron chi connectivity index (χ3n) is 5.21. The number of nitrogens with one attached hydrogen (secondary N) is 1. The fourth-order valence-corrected chi connectivity index (χ4v) is 5.15. The number of aromatic hydroxyl groups is 1. The number of nitrogens with zero attached hydrogens (tertiary/aromatic N) is 3. The highest BCUT2D eigenvalue weighted by Gasteiger charge is 2.43. The zero-order valence-electron chi connectivity index (χ0n) is 19.9. The summed E-state index contributed by atoms with van der Waals surface area (Å²) in [6.45, 7) is 6.29. The van der Waals surface area contributed by atoms with Crippen molar-refractivity contribution in [2.45, 2.75) is 52.2 Å². The molecular formula is C20H30FN5O8S. The second-order valence-corrected chi connectivity index (χ2v) is 10.6. The molecule has 1 atom stereocenters. The van der Waals surface area contributed by atoms with Crippen LogP contribution < -0.4 is 20.1 Å². The molecule has 0 unspecified atom stereocenters. The van der Waals surface area contributed by atoms with Crippen molar-refractivity contribution in [1.82, 2.24) is 15.8 Å². The van der Waals surface area contributed by atoms with E-state index in [1.165, 1.54) is 4.90 Å². The highest BCUT2D eigenvalue weighted by Crippen LogP contribution is 2.44. The van der Waals surface area contributed by atoms with Crippen LogP contribution in [0.15, 0.2) is 6.07 Å². The SMILES string of the molecule is CCCN(C[C@H]1Cc2c(cc(O)c(N3CC(=O)NS3(=O)=O)c2F)N1C(=O)O)C(=O)OC(C)(C)C.N. The van der Waals surface area contributed by atoms with Crippen LogP contribution in [0.5, 0.6) is 5.75 Å². The van der Waals surface area contributed by atoms with Gasteiger partial charge in [0.1, 0.15) is 23.6 Å². The molecule has 3 rings (SSSR count). The van der Waals surface area contributed by atoms with Gasteiger partial charge < -0.3 is 26.0 Å². The monoisotopic (exact) mass is 519 g/mol. The van der Waals surface area contributed by atoms with Crippen molar-refractivity contribution in [2.75, 3.05) is 28.8 Å². The summed E-state index contributed by atoms with van der Waals surface area (Å²) >= 11 is 0. The van der Waals surface area contributed by atoms with Crippen molar-refractivity contribution in [3.8, 4) is 5.75 Å². The van der Waals surface area contributed by atoms with Crippen molar-refractivity contribution in [3.05, 3.63) is 17.4 Å². The van der Waals surface area contributed by atoms with Gasteiger partial charge in [0.2, 0.25) is 0 Å². The zero-order chi connectivity index (χ0) is 25.6. The topological polar surface area (TPSA) is 192 Å². The van der Waals surface area contributed by atoms with Crippen LogP contribution >= 0.6 is 0 Å². The van der Waals surface area contributed by atoms with Gasteiger partial charge in [0.05, 0.1) is 11.7 Å². The molecule has 3 amide bonds. The molecule has 15 heteroatoms. The number of ether oxygens (including phenoxy) is 1. The molecule has 2 aliphatic heterocycles. The van der Waals surface area contributed by atoms with Crippen LogP contribution in [0.2, 0.25) is 0 Å². The lowest BCUT2D eigenvalue weighted by Gasteiger charge is -2.31. The predicted molar refractivity (Wildman–Crippen MR) is 124 cm³/mol. The Morgan fingerprint density at radius 1 is 1.34 bits per heavy atom. The van der Waals surface area contributed by atoms with Gasteiger partial charge in [0.15, 0.2) is 5.82 Å². The number of hydrogen-bond acceptors (Lipinski definition) is 8. The normalized spacial score (nSPS) is 18.5. The summed E-state index contributed by atoms with van der Waals surface area (Å²) in [5.74, 6) is -2.92. The van der Waals surface area contributed by atoms with E-state index in [1.54, 1.807) is 25.5 Å². The molecule has 0 aliphatic carbocycles. The largest absolute Gasteiger partial charge is 0.506 e. The third kappa shape index (κ3) is 5.51.